The van der Waals surface area contributed by atoms with Gasteiger partial charge in [-0.2, -0.15) is 0 Å². The molecule has 3 amide bonds. The largest absolute Gasteiger partial charge is 0.501 e. The monoisotopic (exact) mass is 566 g/mol. The van der Waals surface area contributed by atoms with Crippen molar-refractivity contribution in [1.29, 1.82) is 0 Å². The number of rotatable bonds is 15. The molecule has 2 atom stereocenters. The van der Waals surface area contributed by atoms with Crippen LogP contribution in [0.5, 0.6) is 0 Å². The molecule has 0 saturated heterocycles. The van der Waals surface area contributed by atoms with Crippen molar-refractivity contribution in [2.24, 2.45) is 5.92 Å². The Morgan fingerprint density at radius 3 is 2.71 bits per heavy atom. The molecule has 0 unspecified atom stereocenters. The number of nitrogens with zero attached hydrogens (tertiary/aromatic N) is 1. The fourth-order valence-electron chi connectivity index (χ4n) is 3.49. The summed E-state index contributed by atoms with van der Waals surface area (Å²) in [4.78, 5) is 40.1. The first-order valence-corrected chi connectivity index (χ1v) is 13.1. The Morgan fingerprint density at radius 2 is 2.09 bits per heavy atom. The highest BCUT2D eigenvalue weighted by molar-refractivity contribution is 9.12. The Balaban J connectivity index is 2.27. The normalized spacial score (nSPS) is 16.9. The van der Waals surface area contributed by atoms with E-state index in [9.17, 15) is 14.4 Å². The Kier molecular flexibility index (Phi) is 15.8. The average Bonchev–Trinajstić information content (AvgIpc) is 3.18. The van der Waals surface area contributed by atoms with Crippen LogP contribution in [-0.2, 0) is 19.1 Å². The zero-order valence-electron chi connectivity index (χ0n) is 20.8. The van der Waals surface area contributed by atoms with Gasteiger partial charge in [0.2, 0.25) is 5.91 Å². The first-order chi connectivity index (χ1) is 16.8. The Morgan fingerprint density at radius 1 is 1.31 bits per heavy atom. The van der Waals surface area contributed by atoms with Crippen molar-refractivity contribution in [1.82, 2.24) is 10.2 Å². The van der Waals surface area contributed by atoms with Gasteiger partial charge in [0.25, 0.3) is 11.8 Å². The molecule has 0 aromatic heterocycles. The van der Waals surface area contributed by atoms with Crippen LogP contribution in [0.3, 0.4) is 0 Å². The fraction of sp³-hybridized carbons (Fsp3) is 0.519. The number of hydrogen-bond donors (Lipinski definition) is 1. The number of unbranched alkanes of at least 4 members (excludes halogenated alkanes) is 1. The van der Waals surface area contributed by atoms with E-state index in [0.717, 1.165) is 32.1 Å². The van der Waals surface area contributed by atoms with E-state index in [-0.39, 0.29) is 17.9 Å². The number of amides is 3. The molecule has 0 aromatic carbocycles. The lowest BCUT2D eigenvalue weighted by Gasteiger charge is -2.18. The van der Waals surface area contributed by atoms with E-state index in [1.807, 2.05) is 6.08 Å². The van der Waals surface area contributed by atoms with Crippen LogP contribution in [-0.4, -0.2) is 42.3 Å². The molecule has 0 aromatic rings. The Hall–Kier alpha value is -2.30. The molecule has 1 aliphatic rings. The van der Waals surface area contributed by atoms with E-state index in [4.69, 9.17) is 16.3 Å². The lowest BCUT2D eigenvalue weighted by Crippen LogP contribution is -2.37. The van der Waals surface area contributed by atoms with E-state index in [1.165, 1.54) is 29.7 Å². The molecular formula is C27H36BrClN2O4. The topological polar surface area (TPSA) is 75.7 Å². The molecular weight excluding hydrogens is 532 g/mol. The predicted octanol–water partition coefficient (Wildman–Crippen LogP) is 5.74. The van der Waals surface area contributed by atoms with Crippen LogP contribution in [0.4, 0.5) is 0 Å². The molecule has 0 saturated carbocycles. The van der Waals surface area contributed by atoms with Crippen LogP contribution < -0.4 is 5.32 Å². The van der Waals surface area contributed by atoms with Crippen molar-refractivity contribution < 1.29 is 19.1 Å². The van der Waals surface area contributed by atoms with Gasteiger partial charge in [-0.1, -0.05) is 48.2 Å². The molecule has 0 bridgehead atoms. The quantitative estimate of drug-likeness (QED) is 0.0900. The molecule has 1 heterocycles. The molecule has 0 fully saturated rings. The van der Waals surface area contributed by atoms with Gasteiger partial charge in [-0.15, -0.1) is 0 Å². The van der Waals surface area contributed by atoms with Crippen LogP contribution >= 0.6 is 27.5 Å². The number of ether oxygens (including phenoxy) is 1. The van der Waals surface area contributed by atoms with Gasteiger partial charge in [-0.05, 0) is 49.8 Å². The summed E-state index contributed by atoms with van der Waals surface area (Å²) in [7, 11) is 1.46. The number of methoxy groups -OCH3 is 1. The smallest absolute Gasteiger partial charge is 0.257 e. The van der Waals surface area contributed by atoms with E-state index >= 15 is 0 Å². The Bertz CT molecular complexity index is 899. The fourth-order valence-corrected chi connectivity index (χ4v) is 3.91. The maximum absolute atomic E-state index is 12.3. The molecule has 0 radical (unpaired) electrons. The van der Waals surface area contributed by atoms with Gasteiger partial charge in [0.05, 0.1) is 13.2 Å². The van der Waals surface area contributed by atoms with Crippen molar-refractivity contribution in [3.05, 3.63) is 47.2 Å². The minimum absolute atomic E-state index is 0.0597. The molecule has 192 valence electrons. The minimum atomic E-state index is -0.424. The second-order valence-electron chi connectivity index (χ2n) is 8.44. The number of hydrogen-bond acceptors (Lipinski definition) is 4. The van der Waals surface area contributed by atoms with Gasteiger partial charge in [-0.3, -0.25) is 19.3 Å². The number of carbonyl (C=O) groups is 3. The van der Waals surface area contributed by atoms with Crippen LogP contribution in [0.25, 0.3) is 0 Å². The number of allylic oxidation sites excluding steroid dienone is 3. The lowest BCUT2D eigenvalue weighted by atomic mass is 9.98. The van der Waals surface area contributed by atoms with Crippen molar-refractivity contribution >= 4 is 45.3 Å². The Labute approximate surface area is 223 Å². The lowest BCUT2D eigenvalue weighted by molar-refractivity contribution is -0.139. The summed E-state index contributed by atoms with van der Waals surface area (Å²) in [6, 6.07) is -0.275. The summed E-state index contributed by atoms with van der Waals surface area (Å²) in [6.07, 6.45) is 14.7. The molecule has 6 nitrogen and oxygen atoms in total. The maximum Gasteiger partial charge on any atom is 0.257 e. The summed E-state index contributed by atoms with van der Waals surface area (Å²) in [6.45, 7) is 4.28. The van der Waals surface area contributed by atoms with Gasteiger partial charge >= 0.3 is 0 Å². The summed E-state index contributed by atoms with van der Waals surface area (Å²) in [5.74, 6) is 2.99. The van der Waals surface area contributed by atoms with Gasteiger partial charge < -0.3 is 10.1 Å². The third-order valence-corrected chi connectivity index (χ3v) is 6.17. The molecule has 0 spiro atoms. The van der Waals surface area contributed by atoms with Gasteiger partial charge in [0.15, 0.2) is 0 Å². The zero-order valence-corrected chi connectivity index (χ0v) is 23.2. The van der Waals surface area contributed by atoms with Crippen molar-refractivity contribution in [2.75, 3.05) is 13.7 Å². The van der Waals surface area contributed by atoms with Crippen molar-refractivity contribution in [3.63, 3.8) is 0 Å². The van der Waals surface area contributed by atoms with Crippen molar-refractivity contribution in [2.45, 2.75) is 71.3 Å². The standard InChI is InChI=1S/C27H36BrClN2O4/c1-21(12-14-23(20-29)10-5-4-8-17-28)9-6-7-11-25(32)30-18-16-24(35-3)19-27(34)31-22(2)13-15-26(31)33/h6,9,13,15,19-22H,4-5,7,10-12,14,16,18H2,1-3H3,(H,30,32)/b9-6+,23-20+,24-19+/t21-,22+/m1/s1. The van der Waals surface area contributed by atoms with Crippen LogP contribution in [0, 0.1) is 16.7 Å². The molecule has 8 heteroatoms. The first-order valence-electron chi connectivity index (χ1n) is 11.9. The number of imide groups is 1. The third-order valence-electron chi connectivity index (χ3n) is 5.58. The maximum atomic E-state index is 12.3. The second kappa shape index (κ2) is 18.0. The SMILES string of the molecule is CO/C(=C/C(=O)N1C(=O)C=C[C@@H]1C)CCNC(=O)CC/C=C/[C@@H](C)CC/C(=C/Cl)CCCC#CBr. The van der Waals surface area contributed by atoms with Crippen LogP contribution in [0.1, 0.15) is 65.2 Å². The number of carbonyl (C=O) groups excluding carboxylic acids is 3. The predicted molar refractivity (Wildman–Crippen MR) is 144 cm³/mol. The summed E-state index contributed by atoms with van der Waals surface area (Å²) in [5.41, 5.74) is 2.93. The highest BCUT2D eigenvalue weighted by Crippen LogP contribution is 2.19. The molecule has 35 heavy (non-hydrogen) atoms. The minimum Gasteiger partial charge on any atom is -0.501 e. The molecule has 1 rings (SSSR count). The third kappa shape index (κ3) is 12.8. The van der Waals surface area contributed by atoms with Crippen LogP contribution in [0.2, 0.25) is 0 Å². The van der Waals surface area contributed by atoms with E-state index in [2.05, 4.69) is 45.0 Å². The van der Waals surface area contributed by atoms with E-state index < -0.39 is 5.91 Å². The average molecular weight is 568 g/mol. The highest BCUT2D eigenvalue weighted by Gasteiger charge is 2.27. The van der Waals surface area contributed by atoms with Crippen molar-refractivity contribution in [3.8, 4) is 10.8 Å². The molecule has 0 aliphatic carbocycles. The van der Waals surface area contributed by atoms with Crippen LogP contribution in [0.15, 0.2) is 47.2 Å². The first kappa shape index (κ1) is 30.7. The van der Waals surface area contributed by atoms with Gasteiger partial charge in [-0.25, -0.2) is 0 Å². The summed E-state index contributed by atoms with van der Waals surface area (Å²) >= 11 is 9.05. The summed E-state index contributed by atoms with van der Waals surface area (Å²) < 4.78 is 5.24. The molecule has 1 N–H and O–H groups in total. The highest BCUT2D eigenvalue weighted by atomic mass is 79.9. The number of halogens is 2. The molecule has 1 aliphatic heterocycles. The van der Waals surface area contributed by atoms with E-state index in [1.54, 1.807) is 18.5 Å². The zero-order chi connectivity index (χ0) is 26.1. The van der Waals surface area contributed by atoms with Gasteiger partial charge in [0.1, 0.15) is 5.76 Å². The van der Waals surface area contributed by atoms with Gasteiger partial charge in [0, 0.05) is 59.4 Å². The van der Waals surface area contributed by atoms with E-state index in [0.29, 0.717) is 37.5 Å². The summed E-state index contributed by atoms with van der Waals surface area (Å²) in [5, 5.41) is 2.84. The second-order valence-corrected chi connectivity index (χ2v) is 9.05. The number of nitrogens with one attached hydrogen (secondary N) is 1.